The van der Waals surface area contributed by atoms with Crippen LogP contribution in [0.15, 0.2) is 53.9 Å². The Morgan fingerprint density at radius 2 is 1.97 bits per heavy atom. The quantitative estimate of drug-likeness (QED) is 0.463. The number of thiophene rings is 1. The number of carbonyl (C=O) groups is 1. The van der Waals surface area contributed by atoms with Crippen LogP contribution in [-0.4, -0.2) is 29.1 Å². The molecule has 3 heterocycles. The maximum atomic E-state index is 13.5. The van der Waals surface area contributed by atoms with Crippen LogP contribution in [0.4, 0.5) is 14.5 Å². The fourth-order valence-corrected chi connectivity index (χ4v) is 4.15. The Bertz CT molecular complexity index is 1240. The number of aromatic nitrogens is 2. The van der Waals surface area contributed by atoms with Crippen molar-refractivity contribution in [3.8, 4) is 11.5 Å². The monoisotopic (exact) mass is 441 g/mol. The average molecular weight is 441 g/mol. The number of rotatable bonds is 5. The van der Waals surface area contributed by atoms with Gasteiger partial charge in [0, 0.05) is 22.2 Å². The van der Waals surface area contributed by atoms with Crippen molar-refractivity contribution in [2.75, 3.05) is 18.1 Å². The first-order valence-electron chi connectivity index (χ1n) is 9.60. The van der Waals surface area contributed by atoms with Gasteiger partial charge in [-0.3, -0.25) is 4.79 Å². The van der Waals surface area contributed by atoms with Gasteiger partial charge in [0.05, 0.1) is 17.6 Å². The standard InChI is InChI=1S/C22H17F2N3O3S/c23-20(24)21-25-16-5-3-13(10-17(16)26-21)22(28)27(12-15-2-1-9-31-15)14-4-6-18-19(11-14)30-8-7-29-18/h1-6,9-11,20H,7-8,12H2,(H,25,26). The third-order valence-electron chi connectivity index (χ3n) is 4.93. The number of nitrogens with zero attached hydrogens (tertiary/aromatic N) is 2. The zero-order valence-corrected chi connectivity index (χ0v) is 17.0. The number of amides is 1. The average Bonchev–Trinajstić information content (AvgIpc) is 3.46. The molecule has 2 aromatic carbocycles. The lowest BCUT2D eigenvalue weighted by Gasteiger charge is -2.25. The van der Waals surface area contributed by atoms with E-state index in [2.05, 4.69) is 9.97 Å². The molecule has 9 heteroatoms. The third-order valence-corrected chi connectivity index (χ3v) is 5.79. The van der Waals surface area contributed by atoms with Crippen molar-refractivity contribution in [3.63, 3.8) is 0 Å². The molecule has 5 rings (SSSR count). The van der Waals surface area contributed by atoms with Gasteiger partial charge in [0.1, 0.15) is 13.2 Å². The molecule has 0 fully saturated rings. The molecule has 158 valence electrons. The number of nitrogens with one attached hydrogen (secondary N) is 1. The van der Waals surface area contributed by atoms with Gasteiger partial charge < -0.3 is 19.4 Å². The molecule has 0 atom stereocenters. The van der Waals surface area contributed by atoms with E-state index in [4.69, 9.17) is 9.47 Å². The molecule has 1 aliphatic rings. The Kier molecular flexibility index (Phi) is 5.03. The molecule has 0 unspecified atom stereocenters. The number of hydrogen-bond acceptors (Lipinski definition) is 5. The second-order valence-corrected chi connectivity index (χ2v) is 7.99. The first kappa shape index (κ1) is 19.5. The van der Waals surface area contributed by atoms with E-state index in [-0.39, 0.29) is 5.91 Å². The number of hydrogen-bond donors (Lipinski definition) is 1. The van der Waals surface area contributed by atoms with Gasteiger partial charge >= 0.3 is 0 Å². The van der Waals surface area contributed by atoms with Crippen LogP contribution in [0.3, 0.4) is 0 Å². The lowest BCUT2D eigenvalue weighted by Crippen LogP contribution is -2.30. The Morgan fingerprint density at radius 1 is 1.13 bits per heavy atom. The highest BCUT2D eigenvalue weighted by Gasteiger charge is 2.23. The minimum Gasteiger partial charge on any atom is -0.486 e. The van der Waals surface area contributed by atoms with E-state index in [0.29, 0.717) is 53.5 Å². The van der Waals surface area contributed by atoms with Crippen LogP contribution in [0.2, 0.25) is 0 Å². The summed E-state index contributed by atoms with van der Waals surface area (Å²) in [5.41, 5.74) is 1.79. The molecular weight excluding hydrogens is 424 g/mol. The van der Waals surface area contributed by atoms with Gasteiger partial charge in [-0.2, -0.15) is 0 Å². The van der Waals surface area contributed by atoms with Crippen LogP contribution in [0.5, 0.6) is 11.5 Å². The van der Waals surface area contributed by atoms with Crippen LogP contribution in [0, 0.1) is 0 Å². The molecule has 6 nitrogen and oxygen atoms in total. The number of benzene rings is 2. The molecule has 0 bridgehead atoms. The highest BCUT2D eigenvalue weighted by molar-refractivity contribution is 7.09. The van der Waals surface area contributed by atoms with Crippen molar-refractivity contribution in [1.82, 2.24) is 9.97 Å². The van der Waals surface area contributed by atoms with Crippen molar-refractivity contribution in [3.05, 3.63) is 70.2 Å². The first-order chi connectivity index (χ1) is 15.1. The van der Waals surface area contributed by atoms with Crippen LogP contribution in [-0.2, 0) is 6.54 Å². The summed E-state index contributed by atoms with van der Waals surface area (Å²) in [4.78, 5) is 22.6. The maximum Gasteiger partial charge on any atom is 0.295 e. The Labute approximate surface area is 180 Å². The Hall–Kier alpha value is -3.46. The summed E-state index contributed by atoms with van der Waals surface area (Å²) < 4.78 is 37.2. The molecule has 1 N–H and O–H groups in total. The third kappa shape index (κ3) is 3.84. The fourth-order valence-electron chi connectivity index (χ4n) is 3.46. The second kappa shape index (κ2) is 7.99. The largest absolute Gasteiger partial charge is 0.486 e. The summed E-state index contributed by atoms with van der Waals surface area (Å²) in [5.74, 6) is 0.539. The number of alkyl halides is 2. The minimum atomic E-state index is -2.71. The predicted octanol–water partition coefficient (Wildman–Crippen LogP) is 5.18. The minimum absolute atomic E-state index is 0.264. The molecule has 0 saturated carbocycles. The van der Waals surface area contributed by atoms with Gasteiger partial charge in [0.2, 0.25) is 0 Å². The summed E-state index contributed by atoms with van der Waals surface area (Å²) in [5, 5.41) is 1.95. The predicted molar refractivity (Wildman–Crippen MR) is 113 cm³/mol. The van der Waals surface area contributed by atoms with Crippen molar-refractivity contribution in [1.29, 1.82) is 0 Å². The van der Waals surface area contributed by atoms with Crippen molar-refractivity contribution >= 4 is 34.0 Å². The number of imidazole rings is 1. The van der Waals surface area contributed by atoms with Gasteiger partial charge in [-0.25, -0.2) is 13.8 Å². The molecular formula is C22H17F2N3O3S. The summed E-state index contributed by atoms with van der Waals surface area (Å²) in [6.45, 7) is 1.28. The highest BCUT2D eigenvalue weighted by Crippen LogP contribution is 2.35. The smallest absolute Gasteiger partial charge is 0.295 e. The molecule has 0 saturated heterocycles. The molecule has 4 aromatic rings. The maximum absolute atomic E-state index is 13.5. The fraction of sp³-hybridized carbons (Fsp3) is 0.182. The van der Waals surface area contributed by atoms with Crippen LogP contribution < -0.4 is 14.4 Å². The number of aromatic amines is 1. The SMILES string of the molecule is O=C(c1ccc2nc(C(F)F)[nH]c2c1)N(Cc1cccs1)c1ccc2c(c1)OCCO2. The van der Waals surface area contributed by atoms with Crippen molar-refractivity contribution in [2.24, 2.45) is 0 Å². The van der Waals surface area contributed by atoms with Crippen LogP contribution >= 0.6 is 11.3 Å². The van der Waals surface area contributed by atoms with Gasteiger partial charge in [-0.1, -0.05) is 6.07 Å². The van der Waals surface area contributed by atoms with Crippen LogP contribution in [0.25, 0.3) is 11.0 Å². The molecule has 2 aromatic heterocycles. The summed E-state index contributed by atoms with van der Waals surface area (Å²) in [6.07, 6.45) is -2.71. The van der Waals surface area contributed by atoms with Gasteiger partial charge in [-0.15, -0.1) is 11.3 Å². The van der Waals surface area contributed by atoms with E-state index in [9.17, 15) is 13.6 Å². The van der Waals surface area contributed by atoms with E-state index >= 15 is 0 Å². The van der Waals surface area contributed by atoms with E-state index in [0.717, 1.165) is 4.88 Å². The zero-order valence-electron chi connectivity index (χ0n) is 16.2. The number of anilines is 1. The van der Waals surface area contributed by atoms with E-state index < -0.39 is 12.2 Å². The van der Waals surface area contributed by atoms with Gasteiger partial charge in [-0.05, 0) is 41.8 Å². The number of halogens is 2. The van der Waals surface area contributed by atoms with Gasteiger partial charge in [0.15, 0.2) is 17.3 Å². The molecule has 1 amide bonds. The molecule has 0 spiro atoms. The molecule has 0 aliphatic carbocycles. The number of carbonyl (C=O) groups excluding carboxylic acids is 1. The van der Waals surface area contributed by atoms with Crippen molar-refractivity contribution in [2.45, 2.75) is 13.0 Å². The van der Waals surface area contributed by atoms with Gasteiger partial charge in [0.25, 0.3) is 12.3 Å². The van der Waals surface area contributed by atoms with Crippen molar-refractivity contribution < 1.29 is 23.0 Å². The zero-order chi connectivity index (χ0) is 21.4. The van der Waals surface area contributed by atoms with Crippen LogP contribution in [0.1, 0.15) is 27.5 Å². The normalized spacial score (nSPS) is 13.0. The van der Waals surface area contributed by atoms with E-state index in [1.54, 1.807) is 46.6 Å². The Balaban J connectivity index is 1.53. The number of fused-ring (bicyclic) bond motifs is 2. The molecule has 0 radical (unpaired) electrons. The number of H-pyrrole nitrogens is 1. The second-order valence-electron chi connectivity index (χ2n) is 6.95. The lowest BCUT2D eigenvalue weighted by atomic mass is 10.1. The van der Waals surface area contributed by atoms with E-state index in [1.807, 2.05) is 23.6 Å². The highest BCUT2D eigenvalue weighted by atomic mass is 32.1. The summed E-state index contributed by atoms with van der Waals surface area (Å²) in [6, 6.07) is 14.0. The topological polar surface area (TPSA) is 67.5 Å². The Morgan fingerprint density at radius 3 is 2.74 bits per heavy atom. The number of ether oxygens (including phenoxy) is 2. The summed E-state index contributed by atoms with van der Waals surface area (Å²) >= 11 is 1.55. The first-order valence-corrected chi connectivity index (χ1v) is 10.5. The molecule has 31 heavy (non-hydrogen) atoms. The summed E-state index contributed by atoms with van der Waals surface area (Å²) in [7, 11) is 0. The van der Waals surface area contributed by atoms with E-state index in [1.165, 1.54) is 0 Å². The molecule has 1 aliphatic heterocycles. The lowest BCUT2D eigenvalue weighted by molar-refractivity contribution is 0.0985.